The predicted molar refractivity (Wildman–Crippen MR) is 65.7 cm³/mol. The van der Waals surface area contributed by atoms with Crippen LogP contribution in [0, 0.1) is 16.7 Å². The van der Waals surface area contributed by atoms with Crippen LogP contribution >= 0.6 is 27.3 Å². The maximum atomic E-state index is 9.31. The predicted octanol–water partition coefficient (Wildman–Crippen LogP) is 3.46. The first kappa shape index (κ1) is 11.1. The van der Waals surface area contributed by atoms with Gasteiger partial charge in [-0.2, -0.15) is 5.26 Å². The van der Waals surface area contributed by atoms with Crippen LogP contribution in [0.3, 0.4) is 0 Å². The molecule has 1 aromatic heterocycles. The summed E-state index contributed by atoms with van der Waals surface area (Å²) in [5.74, 6) is 0. The van der Waals surface area contributed by atoms with Crippen molar-refractivity contribution in [3.05, 3.63) is 20.8 Å². The Morgan fingerprint density at radius 2 is 2.40 bits per heavy atom. The van der Waals surface area contributed by atoms with Gasteiger partial charge in [0.05, 0.1) is 17.5 Å². The Balaban J connectivity index is 2.28. The molecule has 2 nitrogen and oxygen atoms in total. The first-order valence-corrected chi connectivity index (χ1v) is 6.71. The second-order valence-electron chi connectivity index (χ2n) is 4.01. The third-order valence-electron chi connectivity index (χ3n) is 3.18. The molecule has 15 heavy (non-hydrogen) atoms. The minimum atomic E-state index is -0.168. The summed E-state index contributed by atoms with van der Waals surface area (Å²) >= 11 is 5.17. The molecule has 1 saturated carbocycles. The Labute approximate surface area is 102 Å². The summed E-state index contributed by atoms with van der Waals surface area (Å²) in [5, 5.41) is 14.7. The van der Waals surface area contributed by atoms with E-state index < -0.39 is 0 Å². The minimum Gasteiger partial charge on any atom is -0.311 e. The van der Waals surface area contributed by atoms with Gasteiger partial charge >= 0.3 is 0 Å². The second-order valence-corrected chi connectivity index (χ2v) is 5.87. The molecule has 1 heterocycles. The van der Waals surface area contributed by atoms with E-state index in [1.54, 1.807) is 11.3 Å². The maximum Gasteiger partial charge on any atom is 0.0776 e. The number of thiophene rings is 1. The summed E-state index contributed by atoms with van der Waals surface area (Å²) in [7, 11) is 1.94. The zero-order valence-corrected chi connectivity index (χ0v) is 11.0. The summed E-state index contributed by atoms with van der Waals surface area (Å²) in [4.78, 5) is 1.26. The average molecular weight is 285 g/mol. The molecule has 0 amide bonds. The molecule has 0 saturated heterocycles. The molecule has 1 aliphatic carbocycles. The highest BCUT2D eigenvalue weighted by molar-refractivity contribution is 9.10. The number of hydrogen-bond acceptors (Lipinski definition) is 3. The Kier molecular flexibility index (Phi) is 3.15. The van der Waals surface area contributed by atoms with Crippen LogP contribution in [0.15, 0.2) is 15.9 Å². The summed E-state index contributed by atoms with van der Waals surface area (Å²) in [6.07, 6.45) is 3.22. The Morgan fingerprint density at radius 3 is 2.73 bits per heavy atom. The van der Waals surface area contributed by atoms with Gasteiger partial charge in [-0.15, -0.1) is 11.3 Å². The van der Waals surface area contributed by atoms with Crippen LogP contribution < -0.4 is 5.32 Å². The number of nitriles is 1. The molecule has 0 spiro atoms. The lowest BCUT2D eigenvalue weighted by molar-refractivity contribution is 0.151. The van der Waals surface area contributed by atoms with Crippen molar-refractivity contribution in [1.29, 1.82) is 5.26 Å². The lowest BCUT2D eigenvalue weighted by Gasteiger charge is -2.41. The zero-order valence-electron chi connectivity index (χ0n) is 8.59. The van der Waals surface area contributed by atoms with Crippen LogP contribution in [-0.2, 0) is 0 Å². The van der Waals surface area contributed by atoms with Crippen molar-refractivity contribution < 1.29 is 0 Å². The first-order chi connectivity index (χ1) is 7.22. The van der Waals surface area contributed by atoms with Gasteiger partial charge < -0.3 is 5.32 Å². The number of halogens is 1. The van der Waals surface area contributed by atoms with E-state index in [1.807, 2.05) is 7.05 Å². The van der Waals surface area contributed by atoms with Crippen molar-refractivity contribution in [2.24, 2.45) is 5.41 Å². The van der Waals surface area contributed by atoms with Crippen molar-refractivity contribution >= 4 is 27.3 Å². The second kappa shape index (κ2) is 4.25. The Morgan fingerprint density at radius 1 is 1.67 bits per heavy atom. The van der Waals surface area contributed by atoms with Crippen molar-refractivity contribution in [3.8, 4) is 6.07 Å². The maximum absolute atomic E-state index is 9.31. The number of rotatable bonds is 3. The monoisotopic (exact) mass is 284 g/mol. The van der Waals surface area contributed by atoms with Gasteiger partial charge in [-0.05, 0) is 41.9 Å². The highest BCUT2D eigenvalue weighted by Gasteiger charge is 2.45. The molecule has 1 N–H and O–H groups in total. The quantitative estimate of drug-likeness (QED) is 0.923. The Hall–Kier alpha value is -0.370. The molecule has 1 fully saturated rings. The third-order valence-corrected chi connectivity index (χ3v) is 4.94. The van der Waals surface area contributed by atoms with Crippen molar-refractivity contribution in [1.82, 2.24) is 5.32 Å². The number of nitrogens with one attached hydrogen (secondary N) is 1. The molecule has 4 heteroatoms. The van der Waals surface area contributed by atoms with E-state index in [0.717, 1.165) is 17.3 Å². The van der Waals surface area contributed by atoms with E-state index in [1.165, 1.54) is 11.3 Å². The van der Waals surface area contributed by atoms with E-state index in [9.17, 15) is 5.26 Å². The van der Waals surface area contributed by atoms with Crippen LogP contribution in [0.1, 0.15) is 30.2 Å². The normalized spacial score (nSPS) is 20.3. The molecule has 1 aliphatic rings. The fraction of sp³-hybridized carbons (Fsp3) is 0.545. The highest BCUT2D eigenvalue weighted by atomic mass is 79.9. The summed E-state index contributed by atoms with van der Waals surface area (Å²) in [6, 6.07) is 4.80. The van der Waals surface area contributed by atoms with E-state index in [-0.39, 0.29) is 11.5 Å². The van der Waals surface area contributed by atoms with Crippen molar-refractivity contribution in [3.63, 3.8) is 0 Å². The highest BCUT2D eigenvalue weighted by Crippen LogP contribution is 2.50. The molecule has 0 bridgehead atoms. The Bertz CT molecular complexity index is 390. The summed E-state index contributed by atoms with van der Waals surface area (Å²) in [6.45, 7) is 0. The minimum absolute atomic E-state index is 0.168. The molecular formula is C11H13BrN2S. The van der Waals surface area contributed by atoms with E-state index in [4.69, 9.17) is 0 Å². The van der Waals surface area contributed by atoms with Gasteiger partial charge in [-0.3, -0.25) is 0 Å². The van der Waals surface area contributed by atoms with Crippen LogP contribution in [0.2, 0.25) is 0 Å². The molecule has 0 radical (unpaired) electrons. The number of hydrogen-bond donors (Lipinski definition) is 1. The van der Waals surface area contributed by atoms with Gasteiger partial charge in [0.2, 0.25) is 0 Å². The van der Waals surface area contributed by atoms with Gasteiger partial charge in [0, 0.05) is 14.7 Å². The van der Waals surface area contributed by atoms with Gasteiger partial charge in [0.25, 0.3) is 0 Å². The fourth-order valence-electron chi connectivity index (χ4n) is 2.19. The lowest BCUT2D eigenvalue weighted by Crippen LogP contribution is -2.40. The first-order valence-electron chi connectivity index (χ1n) is 5.04. The molecule has 80 valence electrons. The van der Waals surface area contributed by atoms with Gasteiger partial charge in [0.15, 0.2) is 0 Å². The van der Waals surface area contributed by atoms with Crippen molar-refractivity contribution in [2.45, 2.75) is 25.3 Å². The van der Waals surface area contributed by atoms with Crippen LogP contribution in [0.25, 0.3) is 0 Å². The molecule has 1 unspecified atom stereocenters. The molecule has 2 rings (SSSR count). The number of nitrogens with zero attached hydrogens (tertiary/aromatic N) is 1. The fourth-order valence-corrected chi connectivity index (χ4v) is 3.86. The smallest absolute Gasteiger partial charge is 0.0776 e. The van der Waals surface area contributed by atoms with Gasteiger partial charge in [0.1, 0.15) is 0 Å². The molecular weight excluding hydrogens is 272 g/mol. The largest absolute Gasteiger partial charge is 0.311 e. The van der Waals surface area contributed by atoms with Crippen molar-refractivity contribution in [2.75, 3.05) is 7.05 Å². The lowest BCUT2D eigenvalue weighted by atomic mass is 9.64. The van der Waals surface area contributed by atoms with E-state index in [2.05, 4.69) is 38.8 Å². The van der Waals surface area contributed by atoms with Gasteiger partial charge in [-0.1, -0.05) is 6.42 Å². The summed E-state index contributed by atoms with van der Waals surface area (Å²) in [5.41, 5.74) is -0.168. The zero-order chi connectivity index (χ0) is 10.9. The molecule has 0 aromatic carbocycles. The van der Waals surface area contributed by atoms with Crippen LogP contribution in [0.5, 0.6) is 0 Å². The average Bonchev–Trinajstić information content (AvgIpc) is 2.58. The standard InChI is InChI=1S/C11H13BrN2S/c1-14-10(9-5-8(12)6-15-9)11(7-13)3-2-4-11/h5-6,10,14H,2-4H2,1H3. The van der Waals surface area contributed by atoms with Crippen LogP contribution in [0.4, 0.5) is 0 Å². The van der Waals surface area contributed by atoms with E-state index >= 15 is 0 Å². The molecule has 1 aromatic rings. The summed E-state index contributed by atoms with van der Waals surface area (Å²) < 4.78 is 1.11. The SMILES string of the molecule is CNC(c1cc(Br)cs1)C1(C#N)CCC1. The van der Waals surface area contributed by atoms with E-state index in [0.29, 0.717) is 0 Å². The third kappa shape index (κ3) is 1.84. The van der Waals surface area contributed by atoms with Gasteiger partial charge in [-0.25, -0.2) is 0 Å². The van der Waals surface area contributed by atoms with Crippen LogP contribution in [-0.4, -0.2) is 7.05 Å². The topological polar surface area (TPSA) is 35.8 Å². The molecule has 1 atom stereocenters. The molecule has 0 aliphatic heterocycles.